The van der Waals surface area contributed by atoms with Crippen LogP contribution in [0, 0.1) is 23.4 Å². The van der Waals surface area contributed by atoms with Crippen molar-refractivity contribution in [1.29, 1.82) is 0 Å². The van der Waals surface area contributed by atoms with E-state index in [1.54, 1.807) is 0 Å². The minimum Gasteiger partial charge on any atom is -0.373 e. The maximum atomic E-state index is 13.7. The van der Waals surface area contributed by atoms with E-state index in [0.29, 0.717) is 0 Å². The zero-order valence-corrected chi connectivity index (χ0v) is 11.3. The molecule has 1 aliphatic carbocycles. The highest BCUT2D eigenvalue weighted by Crippen LogP contribution is 2.30. The number of hydrogen-bond acceptors (Lipinski definition) is 2. The molecule has 5 heteroatoms. The van der Waals surface area contributed by atoms with Crippen molar-refractivity contribution in [2.24, 2.45) is 5.92 Å². The first-order chi connectivity index (χ1) is 9.56. The number of halogens is 3. The van der Waals surface area contributed by atoms with E-state index in [1.165, 1.54) is 7.11 Å². The Morgan fingerprint density at radius 1 is 1.15 bits per heavy atom. The van der Waals surface area contributed by atoms with Crippen LogP contribution in [0.1, 0.15) is 42.5 Å². The van der Waals surface area contributed by atoms with E-state index in [-0.39, 0.29) is 5.92 Å². The topological polar surface area (TPSA) is 26.3 Å². The fraction of sp³-hybridized carbons (Fsp3) is 0.533. The van der Waals surface area contributed by atoms with Gasteiger partial charge in [-0.25, -0.2) is 13.2 Å². The number of rotatable bonds is 4. The van der Waals surface area contributed by atoms with Gasteiger partial charge in [0.1, 0.15) is 6.10 Å². The van der Waals surface area contributed by atoms with Crippen LogP contribution < -0.4 is 0 Å². The quantitative estimate of drug-likeness (QED) is 0.620. The van der Waals surface area contributed by atoms with Crippen LogP contribution in [0.15, 0.2) is 12.1 Å². The number of hydrogen-bond donors (Lipinski definition) is 0. The van der Waals surface area contributed by atoms with Gasteiger partial charge in [-0.15, -0.1) is 0 Å². The SMILES string of the molecule is COC(C(=O)c1ccc(F)c(F)c1F)C1CCCCC1. The molecule has 0 N–H and O–H groups in total. The molecule has 1 saturated carbocycles. The molecular weight excluding hydrogens is 269 g/mol. The lowest BCUT2D eigenvalue weighted by Crippen LogP contribution is -2.33. The van der Waals surface area contributed by atoms with Gasteiger partial charge in [0.15, 0.2) is 23.2 Å². The van der Waals surface area contributed by atoms with E-state index in [0.717, 1.165) is 44.2 Å². The molecule has 1 atom stereocenters. The van der Waals surface area contributed by atoms with Gasteiger partial charge in [-0.2, -0.15) is 0 Å². The van der Waals surface area contributed by atoms with Gasteiger partial charge in [-0.3, -0.25) is 4.79 Å². The molecule has 0 heterocycles. The van der Waals surface area contributed by atoms with Crippen molar-refractivity contribution in [1.82, 2.24) is 0 Å². The molecule has 0 bridgehead atoms. The molecule has 20 heavy (non-hydrogen) atoms. The molecule has 2 nitrogen and oxygen atoms in total. The maximum absolute atomic E-state index is 13.7. The summed E-state index contributed by atoms with van der Waals surface area (Å²) in [7, 11) is 1.38. The molecule has 1 aromatic carbocycles. The molecule has 1 aliphatic rings. The highest BCUT2D eigenvalue weighted by Gasteiger charge is 2.32. The standard InChI is InChI=1S/C15H17F3O2/c1-20-15(9-5-3-2-4-6-9)14(19)10-7-8-11(16)13(18)12(10)17/h7-9,15H,2-6H2,1H3. The molecule has 1 fully saturated rings. The van der Waals surface area contributed by atoms with Gasteiger partial charge in [0.25, 0.3) is 0 Å². The molecular formula is C15H17F3O2. The smallest absolute Gasteiger partial charge is 0.195 e. The Labute approximate surface area is 115 Å². The molecule has 2 rings (SSSR count). The van der Waals surface area contributed by atoms with Crippen LogP contribution in [0.25, 0.3) is 0 Å². The number of ether oxygens (including phenoxy) is 1. The summed E-state index contributed by atoms with van der Waals surface area (Å²) in [5.41, 5.74) is -0.443. The highest BCUT2D eigenvalue weighted by molar-refractivity contribution is 6.00. The summed E-state index contributed by atoms with van der Waals surface area (Å²) in [5, 5.41) is 0. The third kappa shape index (κ3) is 2.87. The van der Waals surface area contributed by atoms with E-state index in [4.69, 9.17) is 4.74 Å². The van der Waals surface area contributed by atoms with Crippen LogP contribution >= 0.6 is 0 Å². The summed E-state index contributed by atoms with van der Waals surface area (Å²) in [5.74, 6) is -4.96. The molecule has 0 radical (unpaired) electrons. The first-order valence-electron chi connectivity index (χ1n) is 6.76. The summed E-state index contributed by atoms with van der Waals surface area (Å²) in [4.78, 5) is 12.3. The van der Waals surface area contributed by atoms with Crippen molar-refractivity contribution < 1.29 is 22.7 Å². The lowest BCUT2D eigenvalue weighted by Gasteiger charge is -2.28. The number of benzene rings is 1. The van der Waals surface area contributed by atoms with Crippen molar-refractivity contribution in [3.05, 3.63) is 35.1 Å². The fourth-order valence-electron chi connectivity index (χ4n) is 2.82. The first-order valence-corrected chi connectivity index (χ1v) is 6.76. The molecule has 0 saturated heterocycles. The fourth-order valence-corrected chi connectivity index (χ4v) is 2.82. The van der Waals surface area contributed by atoms with Crippen LogP contribution in [0.5, 0.6) is 0 Å². The number of carbonyl (C=O) groups excluding carboxylic acids is 1. The molecule has 0 amide bonds. The average molecular weight is 286 g/mol. The summed E-state index contributed by atoms with van der Waals surface area (Å²) >= 11 is 0. The van der Waals surface area contributed by atoms with E-state index in [9.17, 15) is 18.0 Å². The van der Waals surface area contributed by atoms with E-state index < -0.39 is 34.9 Å². The van der Waals surface area contributed by atoms with Gasteiger partial charge in [-0.05, 0) is 30.9 Å². The zero-order valence-electron chi connectivity index (χ0n) is 11.3. The van der Waals surface area contributed by atoms with E-state index in [2.05, 4.69) is 0 Å². The van der Waals surface area contributed by atoms with E-state index >= 15 is 0 Å². The third-order valence-electron chi connectivity index (χ3n) is 3.89. The van der Waals surface area contributed by atoms with Gasteiger partial charge in [0.2, 0.25) is 0 Å². The largest absolute Gasteiger partial charge is 0.373 e. The molecule has 110 valence electrons. The van der Waals surface area contributed by atoms with Gasteiger partial charge >= 0.3 is 0 Å². The van der Waals surface area contributed by atoms with Gasteiger partial charge in [-0.1, -0.05) is 19.3 Å². The van der Waals surface area contributed by atoms with Crippen molar-refractivity contribution in [2.45, 2.75) is 38.2 Å². The number of methoxy groups -OCH3 is 1. The van der Waals surface area contributed by atoms with Crippen molar-refractivity contribution in [2.75, 3.05) is 7.11 Å². The molecule has 0 aromatic heterocycles. The first kappa shape index (κ1) is 15.0. The van der Waals surface area contributed by atoms with Crippen LogP contribution in [0.3, 0.4) is 0 Å². The van der Waals surface area contributed by atoms with Crippen molar-refractivity contribution in [3.63, 3.8) is 0 Å². The van der Waals surface area contributed by atoms with Gasteiger partial charge < -0.3 is 4.74 Å². The molecule has 1 aromatic rings. The Morgan fingerprint density at radius 3 is 2.40 bits per heavy atom. The molecule has 0 aliphatic heterocycles. The Balaban J connectivity index is 2.26. The number of Topliss-reactive ketones (excluding diaryl/α,β-unsaturated/α-hetero) is 1. The van der Waals surface area contributed by atoms with Gasteiger partial charge in [0, 0.05) is 7.11 Å². The second-order valence-electron chi connectivity index (χ2n) is 5.14. The summed E-state index contributed by atoms with van der Waals surface area (Å²) in [6, 6.07) is 1.74. The predicted octanol–water partition coefficient (Wildman–Crippen LogP) is 3.88. The second kappa shape index (κ2) is 6.39. The minimum atomic E-state index is -1.62. The number of carbonyl (C=O) groups is 1. The lowest BCUT2D eigenvalue weighted by atomic mass is 9.82. The monoisotopic (exact) mass is 286 g/mol. The Kier molecular flexibility index (Phi) is 4.81. The summed E-state index contributed by atoms with van der Waals surface area (Å²) < 4.78 is 45.0. The van der Waals surface area contributed by atoms with Gasteiger partial charge in [0.05, 0.1) is 5.56 Å². The van der Waals surface area contributed by atoms with E-state index in [1.807, 2.05) is 0 Å². The molecule has 1 unspecified atom stereocenters. The summed E-state index contributed by atoms with van der Waals surface area (Å²) in [6.45, 7) is 0. The Bertz CT molecular complexity index is 496. The zero-order chi connectivity index (χ0) is 14.7. The van der Waals surface area contributed by atoms with Crippen molar-refractivity contribution in [3.8, 4) is 0 Å². The highest BCUT2D eigenvalue weighted by atomic mass is 19.2. The lowest BCUT2D eigenvalue weighted by molar-refractivity contribution is 0.0310. The Hall–Kier alpha value is -1.36. The third-order valence-corrected chi connectivity index (χ3v) is 3.89. The average Bonchev–Trinajstić information content (AvgIpc) is 2.47. The Morgan fingerprint density at radius 2 is 1.80 bits per heavy atom. The minimum absolute atomic E-state index is 0.00812. The predicted molar refractivity (Wildman–Crippen MR) is 68.0 cm³/mol. The van der Waals surface area contributed by atoms with Crippen LogP contribution in [-0.4, -0.2) is 19.0 Å². The second-order valence-corrected chi connectivity index (χ2v) is 5.14. The summed E-state index contributed by atoms with van der Waals surface area (Å²) in [6.07, 6.45) is 3.97. The molecule has 0 spiro atoms. The van der Waals surface area contributed by atoms with Crippen LogP contribution in [0.4, 0.5) is 13.2 Å². The normalized spacial score (nSPS) is 18.0. The van der Waals surface area contributed by atoms with Crippen molar-refractivity contribution >= 4 is 5.78 Å². The van der Waals surface area contributed by atoms with Crippen LogP contribution in [0.2, 0.25) is 0 Å². The number of ketones is 1. The maximum Gasteiger partial charge on any atom is 0.195 e. The van der Waals surface area contributed by atoms with Crippen LogP contribution in [-0.2, 0) is 4.74 Å².